The lowest BCUT2D eigenvalue weighted by Crippen LogP contribution is -2.20. The zero-order valence-corrected chi connectivity index (χ0v) is 12.4. The quantitative estimate of drug-likeness (QED) is 0.425. The molecule has 0 saturated heterocycles. The van der Waals surface area contributed by atoms with E-state index in [2.05, 4.69) is 34.6 Å². The second-order valence-corrected chi connectivity index (χ2v) is 5.69. The second kappa shape index (κ2) is 10.2. The first-order valence-electron chi connectivity index (χ1n) is 7.67. The van der Waals surface area contributed by atoms with Gasteiger partial charge in [-0.2, -0.15) is 0 Å². The van der Waals surface area contributed by atoms with E-state index in [1.165, 1.54) is 51.4 Å². The van der Waals surface area contributed by atoms with E-state index in [9.17, 15) is 0 Å². The van der Waals surface area contributed by atoms with Crippen LogP contribution in [-0.4, -0.2) is 0 Å². The van der Waals surface area contributed by atoms with Crippen molar-refractivity contribution in [1.82, 2.24) is 0 Å². The minimum atomic E-state index is 0.934. The van der Waals surface area contributed by atoms with Crippen molar-refractivity contribution in [2.24, 2.45) is 17.8 Å². The molecule has 0 aromatic heterocycles. The van der Waals surface area contributed by atoms with Gasteiger partial charge in [0.25, 0.3) is 0 Å². The Morgan fingerprint density at radius 3 is 1.62 bits per heavy atom. The molecule has 0 fully saturated rings. The Morgan fingerprint density at radius 2 is 1.12 bits per heavy atom. The van der Waals surface area contributed by atoms with Crippen LogP contribution >= 0.6 is 0 Å². The lowest BCUT2D eigenvalue weighted by atomic mass is 9.76. The van der Waals surface area contributed by atoms with Crippen LogP contribution in [0.25, 0.3) is 0 Å². The summed E-state index contributed by atoms with van der Waals surface area (Å²) in [5.74, 6) is 2.85. The molecule has 0 saturated carbocycles. The topological polar surface area (TPSA) is 0 Å². The first kappa shape index (κ1) is 16.0. The minimum absolute atomic E-state index is 0.934. The fraction of sp³-hybridized carbons (Fsp3) is 1.00. The molecule has 0 rings (SSSR count). The zero-order valence-electron chi connectivity index (χ0n) is 12.4. The van der Waals surface area contributed by atoms with Crippen LogP contribution in [-0.2, 0) is 0 Å². The van der Waals surface area contributed by atoms with E-state index in [4.69, 9.17) is 0 Å². The van der Waals surface area contributed by atoms with Gasteiger partial charge in [0.15, 0.2) is 0 Å². The summed E-state index contributed by atoms with van der Waals surface area (Å²) in [4.78, 5) is 0. The van der Waals surface area contributed by atoms with E-state index in [-0.39, 0.29) is 0 Å². The van der Waals surface area contributed by atoms with Gasteiger partial charge in [-0.3, -0.25) is 0 Å². The second-order valence-electron chi connectivity index (χ2n) is 5.69. The van der Waals surface area contributed by atoms with E-state index in [1.807, 2.05) is 0 Å². The van der Waals surface area contributed by atoms with E-state index in [0.29, 0.717) is 0 Å². The van der Waals surface area contributed by atoms with Crippen LogP contribution in [0.5, 0.6) is 0 Å². The lowest BCUT2D eigenvalue weighted by molar-refractivity contribution is 0.209. The summed E-state index contributed by atoms with van der Waals surface area (Å²) in [6.45, 7) is 11.9. The van der Waals surface area contributed by atoms with E-state index < -0.39 is 0 Å². The van der Waals surface area contributed by atoms with Crippen LogP contribution in [0.1, 0.15) is 86.0 Å². The summed E-state index contributed by atoms with van der Waals surface area (Å²) in [7, 11) is 0. The van der Waals surface area contributed by atoms with Gasteiger partial charge < -0.3 is 0 Å². The van der Waals surface area contributed by atoms with Crippen LogP contribution in [0.2, 0.25) is 0 Å². The Bertz CT molecular complexity index is 139. The number of hydrogen-bond donors (Lipinski definition) is 0. The molecular formula is C16H34. The third kappa shape index (κ3) is 6.55. The van der Waals surface area contributed by atoms with Crippen LogP contribution < -0.4 is 0 Å². The molecule has 3 unspecified atom stereocenters. The van der Waals surface area contributed by atoms with Gasteiger partial charge >= 0.3 is 0 Å². The van der Waals surface area contributed by atoms with Crippen molar-refractivity contribution in [1.29, 1.82) is 0 Å². The molecule has 98 valence electrons. The summed E-state index contributed by atoms with van der Waals surface area (Å²) < 4.78 is 0. The molecule has 0 aromatic rings. The molecular weight excluding hydrogens is 192 g/mol. The number of rotatable bonds is 10. The molecule has 0 bridgehead atoms. The molecule has 0 aliphatic heterocycles. The van der Waals surface area contributed by atoms with Crippen LogP contribution in [0.3, 0.4) is 0 Å². The molecule has 0 N–H and O–H groups in total. The highest BCUT2D eigenvalue weighted by Gasteiger charge is 2.21. The highest BCUT2D eigenvalue weighted by Crippen LogP contribution is 2.32. The maximum Gasteiger partial charge on any atom is -0.0363 e. The van der Waals surface area contributed by atoms with Crippen molar-refractivity contribution in [3.05, 3.63) is 0 Å². The van der Waals surface area contributed by atoms with Gasteiger partial charge in [0.2, 0.25) is 0 Å². The molecule has 0 nitrogen and oxygen atoms in total. The van der Waals surface area contributed by atoms with Crippen molar-refractivity contribution in [3.8, 4) is 0 Å². The maximum atomic E-state index is 2.49. The van der Waals surface area contributed by atoms with Gasteiger partial charge in [-0.1, -0.05) is 79.6 Å². The van der Waals surface area contributed by atoms with Gasteiger partial charge in [0.05, 0.1) is 0 Å². The van der Waals surface area contributed by atoms with Crippen molar-refractivity contribution >= 4 is 0 Å². The molecule has 0 heteroatoms. The summed E-state index contributed by atoms with van der Waals surface area (Å²) in [5.41, 5.74) is 0. The fourth-order valence-corrected chi connectivity index (χ4v) is 2.98. The molecule has 3 atom stereocenters. The first-order chi connectivity index (χ1) is 7.67. The molecule has 16 heavy (non-hydrogen) atoms. The number of hydrogen-bond acceptors (Lipinski definition) is 0. The van der Waals surface area contributed by atoms with Crippen molar-refractivity contribution < 1.29 is 0 Å². The largest absolute Gasteiger partial charge is 0.0654 e. The van der Waals surface area contributed by atoms with E-state index >= 15 is 0 Å². The van der Waals surface area contributed by atoms with Crippen molar-refractivity contribution in [2.45, 2.75) is 86.0 Å². The van der Waals surface area contributed by atoms with Gasteiger partial charge in [-0.15, -0.1) is 0 Å². The molecule has 0 heterocycles. The Kier molecular flexibility index (Phi) is 10.2. The van der Waals surface area contributed by atoms with E-state index in [1.54, 1.807) is 0 Å². The Balaban J connectivity index is 4.15. The summed E-state index contributed by atoms with van der Waals surface area (Å²) in [5, 5.41) is 0. The minimum Gasteiger partial charge on any atom is -0.0654 e. The summed E-state index contributed by atoms with van der Waals surface area (Å²) in [6.07, 6.45) is 11.2. The third-order valence-corrected chi connectivity index (χ3v) is 4.11. The normalized spacial score (nSPS) is 17.1. The summed E-state index contributed by atoms with van der Waals surface area (Å²) in [6, 6.07) is 0. The third-order valence-electron chi connectivity index (χ3n) is 4.11. The zero-order chi connectivity index (χ0) is 12.4. The van der Waals surface area contributed by atoms with Crippen LogP contribution in [0.4, 0.5) is 0 Å². The standard InChI is InChI=1S/C16H34/c1-6-9-12-15(5)16(13-10-7-2)14(4)11-8-3/h14-16H,6-13H2,1-5H3. The predicted molar refractivity (Wildman–Crippen MR) is 75.8 cm³/mol. The van der Waals surface area contributed by atoms with Crippen LogP contribution in [0.15, 0.2) is 0 Å². The number of unbranched alkanes of at least 4 members (excludes halogenated alkanes) is 2. The Labute approximate surface area is 104 Å². The monoisotopic (exact) mass is 226 g/mol. The fourth-order valence-electron chi connectivity index (χ4n) is 2.98. The highest BCUT2D eigenvalue weighted by atomic mass is 14.3. The SMILES string of the molecule is CCCCC(C)C(CCCC)C(C)CCC. The molecule has 0 aliphatic carbocycles. The van der Waals surface area contributed by atoms with Gasteiger partial charge in [-0.25, -0.2) is 0 Å². The van der Waals surface area contributed by atoms with Crippen molar-refractivity contribution in [2.75, 3.05) is 0 Å². The van der Waals surface area contributed by atoms with Gasteiger partial charge in [0.1, 0.15) is 0 Å². The highest BCUT2D eigenvalue weighted by molar-refractivity contribution is 4.72. The maximum absolute atomic E-state index is 2.49. The predicted octanol–water partition coefficient (Wildman–Crippen LogP) is 6.06. The van der Waals surface area contributed by atoms with Gasteiger partial charge in [-0.05, 0) is 24.2 Å². The Morgan fingerprint density at radius 1 is 0.625 bits per heavy atom. The molecule has 0 radical (unpaired) electrons. The molecule has 0 spiro atoms. The van der Waals surface area contributed by atoms with Crippen LogP contribution in [0, 0.1) is 17.8 Å². The smallest absolute Gasteiger partial charge is 0.0363 e. The first-order valence-corrected chi connectivity index (χ1v) is 7.67. The average molecular weight is 226 g/mol. The Hall–Kier alpha value is 0. The molecule has 0 aliphatic rings. The van der Waals surface area contributed by atoms with E-state index in [0.717, 1.165) is 17.8 Å². The lowest BCUT2D eigenvalue weighted by Gasteiger charge is -2.29. The van der Waals surface area contributed by atoms with Crippen molar-refractivity contribution in [3.63, 3.8) is 0 Å². The molecule has 0 aromatic carbocycles. The average Bonchev–Trinajstić information content (AvgIpc) is 2.27. The molecule has 0 amide bonds. The summed E-state index contributed by atoms with van der Waals surface area (Å²) >= 11 is 0. The van der Waals surface area contributed by atoms with Gasteiger partial charge in [0, 0.05) is 0 Å².